The van der Waals surface area contributed by atoms with Gasteiger partial charge in [0.2, 0.25) is 5.78 Å². The molecule has 0 aromatic carbocycles. The van der Waals surface area contributed by atoms with Crippen LogP contribution in [0.1, 0.15) is 6.92 Å². The van der Waals surface area contributed by atoms with E-state index >= 15 is 0 Å². The van der Waals surface area contributed by atoms with E-state index in [1.54, 1.807) is 0 Å². The first-order valence-electron chi connectivity index (χ1n) is 7.25. The van der Waals surface area contributed by atoms with Gasteiger partial charge in [-0.05, 0) is 5.92 Å². The molecule has 0 atom stereocenters. The largest absolute Gasteiger partial charge is 0.379 e. The molecule has 0 saturated carbocycles. The molecule has 21 heavy (non-hydrogen) atoms. The molecule has 0 spiro atoms. The summed E-state index contributed by atoms with van der Waals surface area (Å²) in [6.07, 6.45) is 5.13. The number of ketones is 1. The highest BCUT2D eigenvalue weighted by Gasteiger charge is 2.08. The van der Waals surface area contributed by atoms with Crippen LogP contribution in [0.4, 0.5) is 0 Å². The predicted molar refractivity (Wildman–Crippen MR) is 81.8 cm³/mol. The number of terminal acetylenes is 1. The molecule has 2 aliphatic rings. The fourth-order valence-corrected chi connectivity index (χ4v) is 1.92. The number of morpholine rings is 2. The van der Waals surface area contributed by atoms with E-state index in [2.05, 4.69) is 27.6 Å². The zero-order valence-electron chi connectivity index (χ0n) is 12.8. The lowest BCUT2D eigenvalue weighted by molar-refractivity contribution is -0.111. The Kier molecular flexibility index (Phi) is 9.52. The highest BCUT2D eigenvalue weighted by molar-refractivity contribution is 5.93. The average molecular weight is 292 g/mol. The van der Waals surface area contributed by atoms with Crippen LogP contribution in [0.3, 0.4) is 0 Å². The SMILES string of the molecule is C#CCN1CCOCC1.CC(=O)C#CCN1CCOCC1. The van der Waals surface area contributed by atoms with Gasteiger partial charge in [0.1, 0.15) is 0 Å². The minimum Gasteiger partial charge on any atom is -0.379 e. The lowest BCUT2D eigenvalue weighted by Gasteiger charge is -2.24. The highest BCUT2D eigenvalue weighted by Crippen LogP contribution is 1.94. The van der Waals surface area contributed by atoms with E-state index in [0.717, 1.165) is 59.2 Å². The Hall–Kier alpha value is -1.37. The van der Waals surface area contributed by atoms with E-state index in [0.29, 0.717) is 6.54 Å². The quantitative estimate of drug-likeness (QED) is 0.524. The maximum absolute atomic E-state index is 10.5. The topological polar surface area (TPSA) is 42.0 Å². The van der Waals surface area contributed by atoms with Crippen molar-refractivity contribution in [1.29, 1.82) is 0 Å². The lowest BCUT2D eigenvalue weighted by atomic mass is 10.4. The van der Waals surface area contributed by atoms with Crippen molar-refractivity contribution in [3.63, 3.8) is 0 Å². The summed E-state index contributed by atoms with van der Waals surface area (Å²) < 4.78 is 10.3. The summed E-state index contributed by atoms with van der Waals surface area (Å²) in [5, 5.41) is 0. The molecular formula is C16H24N2O3. The van der Waals surface area contributed by atoms with Crippen LogP contribution in [0, 0.1) is 24.2 Å². The summed E-state index contributed by atoms with van der Waals surface area (Å²) in [6, 6.07) is 0. The molecule has 0 bridgehead atoms. The van der Waals surface area contributed by atoms with Gasteiger partial charge in [-0.2, -0.15) is 0 Å². The smallest absolute Gasteiger partial charge is 0.202 e. The zero-order chi connectivity index (χ0) is 15.3. The second kappa shape index (κ2) is 11.3. The van der Waals surface area contributed by atoms with Gasteiger partial charge in [0.05, 0.1) is 39.5 Å². The minimum absolute atomic E-state index is 0.0664. The molecule has 0 aromatic rings. The van der Waals surface area contributed by atoms with E-state index < -0.39 is 0 Å². The summed E-state index contributed by atoms with van der Waals surface area (Å²) in [6.45, 7) is 9.99. The summed E-state index contributed by atoms with van der Waals surface area (Å²) in [5.74, 6) is 7.89. The Morgan fingerprint density at radius 2 is 1.48 bits per heavy atom. The van der Waals surface area contributed by atoms with Crippen LogP contribution in [-0.2, 0) is 14.3 Å². The third-order valence-corrected chi connectivity index (χ3v) is 3.09. The van der Waals surface area contributed by atoms with Crippen molar-refractivity contribution in [3.8, 4) is 24.2 Å². The van der Waals surface area contributed by atoms with Gasteiger partial charge in [0.25, 0.3) is 0 Å². The molecule has 116 valence electrons. The Labute approximate surface area is 127 Å². The Balaban J connectivity index is 0.000000219. The van der Waals surface area contributed by atoms with Crippen LogP contribution >= 0.6 is 0 Å². The molecule has 0 radical (unpaired) electrons. The van der Waals surface area contributed by atoms with Crippen molar-refractivity contribution in [1.82, 2.24) is 9.80 Å². The molecule has 5 nitrogen and oxygen atoms in total. The molecule has 0 amide bonds. The third kappa shape index (κ3) is 9.23. The van der Waals surface area contributed by atoms with Gasteiger partial charge in [-0.1, -0.05) is 11.8 Å². The van der Waals surface area contributed by atoms with Crippen molar-refractivity contribution in [3.05, 3.63) is 0 Å². The van der Waals surface area contributed by atoms with Crippen molar-refractivity contribution >= 4 is 5.78 Å². The number of hydrogen-bond donors (Lipinski definition) is 0. The maximum Gasteiger partial charge on any atom is 0.202 e. The number of nitrogens with zero attached hydrogens (tertiary/aromatic N) is 2. The third-order valence-electron chi connectivity index (χ3n) is 3.09. The van der Waals surface area contributed by atoms with Crippen molar-refractivity contribution < 1.29 is 14.3 Å². The number of rotatable bonds is 2. The fourth-order valence-electron chi connectivity index (χ4n) is 1.92. The first kappa shape index (κ1) is 17.7. The van der Waals surface area contributed by atoms with Gasteiger partial charge < -0.3 is 9.47 Å². The Morgan fingerprint density at radius 3 is 1.90 bits per heavy atom. The van der Waals surface area contributed by atoms with Gasteiger partial charge in [-0.3, -0.25) is 14.6 Å². The fraction of sp³-hybridized carbons (Fsp3) is 0.688. The van der Waals surface area contributed by atoms with Crippen LogP contribution in [-0.4, -0.2) is 81.3 Å². The molecule has 2 rings (SSSR count). The van der Waals surface area contributed by atoms with Crippen LogP contribution in [0.25, 0.3) is 0 Å². The van der Waals surface area contributed by atoms with Gasteiger partial charge >= 0.3 is 0 Å². The molecule has 2 saturated heterocycles. The minimum atomic E-state index is -0.0664. The first-order valence-corrected chi connectivity index (χ1v) is 7.25. The highest BCUT2D eigenvalue weighted by atomic mass is 16.5. The normalized spacial score (nSPS) is 19.4. The second-order valence-electron chi connectivity index (χ2n) is 4.84. The number of hydrogen-bond acceptors (Lipinski definition) is 5. The van der Waals surface area contributed by atoms with Crippen LogP contribution in [0.5, 0.6) is 0 Å². The van der Waals surface area contributed by atoms with Crippen molar-refractivity contribution in [2.45, 2.75) is 6.92 Å². The van der Waals surface area contributed by atoms with Gasteiger partial charge in [0, 0.05) is 33.1 Å². The molecule has 0 unspecified atom stereocenters. The van der Waals surface area contributed by atoms with Gasteiger partial charge in [0.15, 0.2) is 0 Å². The van der Waals surface area contributed by atoms with E-state index in [1.807, 2.05) is 0 Å². The Morgan fingerprint density at radius 1 is 1.00 bits per heavy atom. The number of carbonyl (C=O) groups excluding carboxylic acids is 1. The van der Waals surface area contributed by atoms with E-state index in [4.69, 9.17) is 15.9 Å². The summed E-state index contributed by atoms with van der Waals surface area (Å²) in [5.41, 5.74) is 0. The number of carbonyl (C=O) groups is 1. The molecule has 0 aromatic heterocycles. The van der Waals surface area contributed by atoms with Crippen LogP contribution in [0.15, 0.2) is 0 Å². The van der Waals surface area contributed by atoms with Gasteiger partial charge in [-0.15, -0.1) is 6.42 Å². The lowest BCUT2D eigenvalue weighted by Crippen LogP contribution is -2.36. The Bertz CT molecular complexity index is 394. The van der Waals surface area contributed by atoms with E-state index in [1.165, 1.54) is 6.92 Å². The first-order chi connectivity index (χ1) is 10.2. The standard InChI is InChI=1S/C9H13NO2.C7H11NO/c1-9(11)3-2-4-10-5-7-12-8-6-10;1-2-3-8-4-6-9-7-5-8/h4-8H2,1H3;1H,3-7H2. The zero-order valence-corrected chi connectivity index (χ0v) is 12.8. The molecular weight excluding hydrogens is 268 g/mol. The van der Waals surface area contributed by atoms with E-state index in [9.17, 15) is 4.79 Å². The maximum atomic E-state index is 10.5. The number of ether oxygens (including phenoxy) is 2. The average Bonchev–Trinajstić information content (AvgIpc) is 2.50. The van der Waals surface area contributed by atoms with Crippen molar-refractivity contribution in [2.75, 3.05) is 65.7 Å². The molecule has 2 fully saturated rings. The van der Waals surface area contributed by atoms with Crippen LogP contribution in [0.2, 0.25) is 0 Å². The van der Waals surface area contributed by atoms with Crippen molar-refractivity contribution in [2.24, 2.45) is 0 Å². The molecule has 5 heteroatoms. The molecule has 2 heterocycles. The summed E-state index contributed by atoms with van der Waals surface area (Å²) in [4.78, 5) is 14.9. The monoisotopic (exact) mass is 292 g/mol. The van der Waals surface area contributed by atoms with Crippen LogP contribution < -0.4 is 0 Å². The molecule has 0 aliphatic carbocycles. The second-order valence-corrected chi connectivity index (χ2v) is 4.84. The molecule has 2 aliphatic heterocycles. The van der Waals surface area contributed by atoms with Gasteiger partial charge in [-0.25, -0.2) is 0 Å². The molecule has 0 N–H and O–H groups in total. The predicted octanol–water partition coefficient (Wildman–Crippen LogP) is -0.137. The summed E-state index contributed by atoms with van der Waals surface area (Å²) >= 11 is 0. The van der Waals surface area contributed by atoms with E-state index in [-0.39, 0.29) is 5.78 Å². The summed E-state index contributed by atoms with van der Waals surface area (Å²) in [7, 11) is 0. The number of Topliss-reactive ketones (excluding diaryl/α,β-unsaturated/α-hetero) is 1.